The molecule has 1 amide bonds. The van der Waals surface area contributed by atoms with Gasteiger partial charge in [-0.1, -0.05) is 12.8 Å². The third-order valence-corrected chi connectivity index (χ3v) is 6.88. The Hall–Kier alpha value is -2.65. The van der Waals surface area contributed by atoms with E-state index in [1.54, 1.807) is 24.1 Å². The van der Waals surface area contributed by atoms with Gasteiger partial charge >= 0.3 is 12.3 Å². The summed E-state index contributed by atoms with van der Waals surface area (Å²) in [5, 5.41) is 0. The van der Waals surface area contributed by atoms with Crippen molar-refractivity contribution in [2.45, 2.75) is 77.1 Å². The number of carbonyl (C=O) groups excluding carboxylic acids is 1. The molecule has 7 nitrogen and oxygen atoms in total. The standard InChI is InChI=1S/C25H36F3N5O2/c1-24(2,3)35-23(34)31(4)14-16-8-7-13-32(15-16)21-18(29)11-12-19-20(21)30-22(25(26,27)28)33(19)17-9-5-6-10-17/h11-12,16-17H,5-10,13-15,29H2,1-4H3/t16-/m0/s1. The van der Waals surface area contributed by atoms with E-state index < -0.39 is 17.6 Å². The van der Waals surface area contributed by atoms with Gasteiger partial charge < -0.3 is 24.8 Å². The van der Waals surface area contributed by atoms with E-state index in [1.807, 2.05) is 25.7 Å². The molecule has 1 aliphatic heterocycles. The largest absolute Gasteiger partial charge is 0.449 e. The second-order valence-electron chi connectivity index (χ2n) is 10.9. The van der Waals surface area contributed by atoms with Crippen molar-refractivity contribution in [1.82, 2.24) is 14.5 Å². The van der Waals surface area contributed by atoms with E-state index in [0.717, 1.165) is 38.5 Å². The number of nitrogen functional groups attached to an aromatic ring is 1. The van der Waals surface area contributed by atoms with Crippen molar-refractivity contribution in [3.8, 4) is 0 Å². The van der Waals surface area contributed by atoms with Gasteiger partial charge in [0.05, 0.1) is 16.9 Å². The lowest BCUT2D eigenvalue weighted by Crippen LogP contribution is -2.43. The second-order valence-corrected chi connectivity index (χ2v) is 10.9. The Balaban J connectivity index is 1.64. The summed E-state index contributed by atoms with van der Waals surface area (Å²) in [6.45, 7) is 7.21. The Kier molecular flexibility index (Phi) is 6.85. The molecular formula is C25H36F3N5O2. The number of rotatable bonds is 4. The highest BCUT2D eigenvalue weighted by Gasteiger charge is 2.41. The molecule has 0 spiro atoms. The van der Waals surface area contributed by atoms with Crippen LogP contribution < -0.4 is 10.6 Å². The predicted molar refractivity (Wildman–Crippen MR) is 130 cm³/mol. The minimum absolute atomic E-state index is 0.134. The number of alkyl halides is 3. The number of anilines is 2. The molecule has 10 heteroatoms. The molecule has 1 aromatic heterocycles. The summed E-state index contributed by atoms with van der Waals surface area (Å²) in [6, 6.07) is 3.16. The van der Waals surface area contributed by atoms with Crippen LogP contribution in [0.15, 0.2) is 12.1 Å². The molecular weight excluding hydrogens is 459 g/mol. The lowest BCUT2D eigenvalue weighted by atomic mass is 9.96. The van der Waals surface area contributed by atoms with Crippen LogP contribution in [0.2, 0.25) is 0 Å². The summed E-state index contributed by atoms with van der Waals surface area (Å²) in [4.78, 5) is 20.2. The molecule has 1 aliphatic carbocycles. The van der Waals surface area contributed by atoms with Crippen LogP contribution in [0.4, 0.5) is 29.3 Å². The van der Waals surface area contributed by atoms with Crippen molar-refractivity contribution in [1.29, 1.82) is 0 Å². The molecule has 1 saturated heterocycles. The van der Waals surface area contributed by atoms with Crippen LogP contribution in [0.3, 0.4) is 0 Å². The molecule has 2 aromatic rings. The smallest absolute Gasteiger partial charge is 0.444 e. The van der Waals surface area contributed by atoms with E-state index >= 15 is 0 Å². The van der Waals surface area contributed by atoms with Gasteiger partial charge in [-0.05, 0) is 64.5 Å². The Morgan fingerprint density at radius 2 is 1.86 bits per heavy atom. The quantitative estimate of drug-likeness (QED) is 0.540. The van der Waals surface area contributed by atoms with Crippen LogP contribution >= 0.6 is 0 Å². The number of aromatic nitrogens is 2. The van der Waals surface area contributed by atoms with Crippen molar-refractivity contribution in [2.75, 3.05) is 37.3 Å². The van der Waals surface area contributed by atoms with Gasteiger partial charge in [-0.2, -0.15) is 13.2 Å². The number of carbonyl (C=O) groups is 1. The fraction of sp³-hybridized carbons (Fsp3) is 0.680. The Labute approximate surface area is 204 Å². The number of hydrogen-bond acceptors (Lipinski definition) is 5. The molecule has 0 radical (unpaired) electrons. The number of hydrogen-bond donors (Lipinski definition) is 1. The normalized spacial score (nSPS) is 20.0. The number of benzene rings is 1. The Morgan fingerprint density at radius 3 is 2.49 bits per heavy atom. The molecule has 0 unspecified atom stereocenters. The third-order valence-electron chi connectivity index (χ3n) is 6.88. The molecule has 2 aliphatic rings. The van der Waals surface area contributed by atoms with Crippen molar-refractivity contribution < 1.29 is 22.7 Å². The van der Waals surface area contributed by atoms with E-state index in [4.69, 9.17) is 10.5 Å². The summed E-state index contributed by atoms with van der Waals surface area (Å²) in [5.41, 5.74) is 7.55. The van der Waals surface area contributed by atoms with Crippen LogP contribution in [-0.4, -0.2) is 52.8 Å². The first-order valence-electron chi connectivity index (χ1n) is 12.4. The summed E-state index contributed by atoms with van der Waals surface area (Å²) >= 11 is 0. The van der Waals surface area contributed by atoms with Gasteiger partial charge in [0, 0.05) is 32.7 Å². The van der Waals surface area contributed by atoms with Crippen molar-refractivity contribution in [3.05, 3.63) is 18.0 Å². The molecule has 2 N–H and O–H groups in total. The van der Waals surface area contributed by atoms with Gasteiger partial charge in [-0.15, -0.1) is 0 Å². The number of amides is 1. The minimum atomic E-state index is -4.55. The highest BCUT2D eigenvalue weighted by molar-refractivity contribution is 5.96. The molecule has 4 rings (SSSR count). The van der Waals surface area contributed by atoms with Gasteiger partial charge in [0.1, 0.15) is 11.1 Å². The number of nitrogens with zero attached hydrogens (tertiary/aromatic N) is 4. The maximum absolute atomic E-state index is 14.0. The van der Waals surface area contributed by atoms with Crippen molar-refractivity contribution >= 4 is 28.5 Å². The van der Waals surface area contributed by atoms with E-state index in [0.29, 0.717) is 42.0 Å². The van der Waals surface area contributed by atoms with Gasteiger partial charge in [-0.25, -0.2) is 9.78 Å². The molecule has 194 valence electrons. The highest BCUT2D eigenvalue weighted by atomic mass is 19.4. The SMILES string of the molecule is CN(C[C@@H]1CCCN(c2c(N)ccc3c2nc(C(F)(F)F)n3C2CCCC2)C1)C(=O)OC(C)(C)C. The third kappa shape index (κ3) is 5.46. The van der Waals surface area contributed by atoms with Gasteiger partial charge in [0.15, 0.2) is 0 Å². The first-order valence-corrected chi connectivity index (χ1v) is 12.4. The molecule has 35 heavy (non-hydrogen) atoms. The topological polar surface area (TPSA) is 76.6 Å². The number of nitrogens with two attached hydrogens (primary N) is 1. The Morgan fingerprint density at radius 1 is 1.17 bits per heavy atom. The summed E-state index contributed by atoms with van der Waals surface area (Å²) in [7, 11) is 1.71. The zero-order chi connectivity index (χ0) is 25.5. The van der Waals surface area contributed by atoms with Gasteiger partial charge in [0.25, 0.3) is 0 Å². The molecule has 1 saturated carbocycles. The fourth-order valence-electron chi connectivity index (χ4n) is 5.45. The second kappa shape index (κ2) is 9.43. The Bertz CT molecular complexity index is 1070. The first kappa shape index (κ1) is 25.4. The molecule has 1 aromatic carbocycles. The average molecular weight is 496 g/mol. The molecule has 2 heterocycles. The van der Waals surface area contributed by atoms with Gasteiger partial charge in [0.2, 0.25) is 5.82 Å². The van der Waals surface area contributed by atoms with E-state index in [-0.39, 0.29) is 18.1 Å². The molecule has 0 bridgehead atoms. The number of piperidine rings is 1. The predicted octanol–water partition coefficient (Wildman–Crippen LogP) is 5.84. The monoisotopic (exact) mass is 495 g/mol. The number of fused-ring (bicyclic) bond motifs is 1. The molecule has 1 atom stereocenters. The van der Waals surface area contributed by atoms with Crippen LogP contribution in [0.25, 0.3) is 11.0 Å². The van der Waals surface area contributed by atoms with Crippen LogP contribution in [0.5, 0.6) is 0 Å². The zero-order valence-electron chi connectivity index (χ0n) is 21.0. The fourth-order valence-corrected chi connectivity index (χ4v) is 5.45. The van der Waals surface area contributed by atoms with E-state index in [1.165, 1.54) is 4.57 Å². The number of ether oxygens (including phenoxy) is 1. The van der Waals surface area contributed by atoms with Crippen LogP contribution in [-0.2, 0) is 10.9 Å². The van der Waals surface area contributed by atoms with E-state index in [2.05, 4.69) is 4.98 Å². The summed E-state index contributed by atoms with van der Waals surface area (Å²) in [5.74, 6) is -0.709. The van der Waals surface area contributed by atoms with Crippen LogP contribution in [0.1, 0.15) is 71.2 Å². The van der Waals surface area contributed by atoms with Crippen molar-refractivity contribution in [2.24, 2.45) is 5.92 Å². The van der Waals surface area contributed by atoms with Gasteiger partial charge in [-0.3, -0.25) is 0 Å². The van der Waals surface area contributed by atoms with E-state index in [9.17, 15) is 18.0 Å². The summed E-state index contributed by atoms with van der Waals surface area (Å²) in [6.07, 6.45) is 0.0936. The average Bonchev–Trinajstić information content (AvgIpc) is 3.39. The lowest BCUT2D eigenvalue weighted by Gasteiger charge is -2.37. The van der Waals surface area contributed by atoms with Crippen LogP contribution in [0, 0.1) is 5.92 Å². The van der Waals surface area contributed by atoms with Crippen molar-refractivity contribution in [3.63, 3.8) is 0 Å². The zero-order valence-corrected chi connectivity index (χ0v) is 21.0. The maximum atomic E-state index is 14.0. The highest BCUT2D eigenvalue weighted by Crippen LogP contribution is 2.43. The molecule has 2 fully saturated rings. The lowest BCUT2D eigenvalue weighted by molar-refractivity contribution is -0.147. The minimum Gasteiger partial charge on any atom is -0.444 e. The number of imidazole rings is 1. The maximum Gasteiger partial charge on any atom is 0.449 e. The number of halogens is 3. The summed E-state index contributed by atoms with van der Waals surface area (Å²) < 4.78 is 49.0. The first-order chi connectivity index (χ1) is 16.3.